The lowest BCUT2D eigenvalue weighted by Crippen LogP contribution is -2.39. The minimum absolute atomic E-state index is 0.176. The number of carbonyl (C=O) groups excluding carboxylic acids is 1. The van der Waals surface area contributed by atoms with E-state index in [9.17, 15) is 18.0 Å². The van der Waals surface area contributed by atoms with Crippen LogP contribution < -0.4 is 11.0 Å². The molecule has 1 N–H and O–H groups in total. The van der Waals surface area contributed by atoms with Gasteiger partial charge >= 0.3 is 5.69 Å². The van der Waals surface area contributed by atoms with Crippen molar-refractivity contribution in [2.45, 2.75) is 25.3 Å². The predicted octanol–water partition coefficient (Wildman–Crippen LogP) is 0.360. The van der Waals surface area contributed by atoms with Gasteiger partial charge in [0, 0.05) is 31.7 Å². The monoisotopic (exact) mass is 393 g/mol. The number of sulfonamides is 1. The smallest absolute Gasteiger partial charge is 0.324 e. The molecule has 146 valence electrons. The summed E-state index contributed by atoms with van der Waals surface area (Å²) in [5.74, 6) is -0.0279. The summed E-state index contributed by atoms with van der Waals surface area (Å²) in [6.45, 7) is 0.562. The molecule has 0 saturated carbocycles. The molecular weight excluding hydrogens is 370 g/mol. The van der Waals surface area contributed by atoms with Gasteiger partial charge in [0.1, 0.15) is 12.4 Å². The Labute approximate surface area is 157 Å². The summed E-state index contributed by atoms with van der Waals surface area (Å²) in [6, 6.07) is 8.96. The average Bonchev–Trinajstić information content (AvgIpc) is 2.90. The standard InChI is InChI=1S/C17H23N5O4S/c1-20-16(13-7-6-10-21(11-13)27(2,25)26)19-22(17(20)24)12-15(23)18-14-8-4-3-5-9-14/h3-5,8-9,13H,6-7,10-12H2,1-2H3,(H,18,23). The van der Waals surface area contributed by atoms with Crippen molar-refractivity contribution in [1.82, 2.24) is 18.7 Å². The molecule has 0 radical (unpaired) electrons. The predicted molar refractivity (Wildman–Crippen MR) is 101 cm³/mol. The summed E-state index contributed by atoms with van der Waals surface area (Å²) in [7, 11) is -1.70. The second kappa shape index (κ2) is 7.65. The Balaban J connectivity index is 1.76. The summed E-state index contributed by atoms with van der Waals surface area (Å²) in [5.41, 5.74) is 0.243. The van der Waals surface area contributed by atoms with Gasteiger partial charge in [-0.25, -0.2) is 22.2 Å². The Hall–Kier alpha value is -2.46. The maximum Gasteiger partial charge on any atom is 0.346 e. The molecule has 0 bridgehead atoms. The van der Waals surface area contributed by atoms with Crippen LogP contribution >= 0.6 is 0 Å². The van der Waals surface area contributed by atoms with E-state index in [0.717, 1.165) is 11.1 Å². The van der Waals surface area contributed by atoms with Crippen LogP contribution in [-0.4, -0.2) is 52.3 Å². The molecule has 2 aromatic rings. The van der Waals surface area contributed by atoms with Crippen molar-refractivity contribution < 1.29 is 13.2 Å². The van der Waals surface area contributed by atoms with E-state index in [-0.39, 0.29) is 18.4 Å². The lowest BCUT2D eigenvalue weighted by molar-refractivity contribution is -0.117. The maximum absolute atomic E-state index is 12.5. The van der Waals surface area contributed by atoms with Crippen molar-refractivity contribution in [2.75, 3.05) is 24.7 Å². The van der Waals surface area contributed by atoms with Gasteiger partial charge in [-0.15, -0.1) is 0 Å². The molecule has 1 aliphatic rings. The Morgan fingerprint density at radius 3 is 2.67 bits per heavy atom. The van der Waals surface area contributed by atoms with Crippen LogP contribution in [0.3, 0.4) is 0 Å². The fourth-order valence-electron chi connectivity index (χ4n) is 3.28. The normalized spacial score (nSPS) is 18.4. The van der Waals surface area contributed by atoms with Crippen LogP contribution in [0.2, 0.25) is 0 Å². The molecule has 0 aliphatic carbocycles. The fraction of sp³-hybridized carbons (Fsp3) is 0.471. The maximum atomic E-state index is 12.5. The molecule has 9 nitrogen and oxygen atoms in total. The van der Waals surface area contributed by atoms with E-state index in [2.05, 4.69) is 10.4 Å². The van der Waals surface area contributed by atoms with Crippen molar-refractivity contribution in [3.8, 4) is 0 Å². The molecule has 10 heteroatoms. The Morgan fingerprint density at radius 1 is 1.30 bits per heavy atom. The van der Waals surface area contributed by atoms with Gasteiger partial charge in [0.05, 0.1) is 6.26 Å². The zero-order chi connectivity index (χ0) is 19.6. The highest BCUT2D eigenvalue weighted by molar-refractivity contribution is 7.88. The van der Waals surface area contributed by atoms with Gasteiger partial charge in [0.2, 0.25) is 15.9 Å². The third kappa shape index (κ3) is 4.45. The minimum Gasteiger partial charge on any atom is -0.324 e. The van der Waals surface area contributed by atoms with Gasteiger partial charge in [-0.1, -0.05) is 18.2 Å². The third-order valence-corrected chi connectivity index (χ3v) is 5.91. The number of hydrogen-bond acceptors (Lipinski definition) is 5. The van der Waals surface area contributed by atoms with Crippen LogP contribution in [0.4, 0.5) is 5.69 Å². The van der Waals surface area contributed by atoms with E-state index in [1.54, 1.807) is 31.3 Å². The summed E-state index contributed by atoms with van der Waals surface area (Å²) < 4.78 is 27.6. The van der Waals surface area contributed by atoms with E-state index in [0.29, 0.717) is 31.0 Å². The van der Waals surface area contributed by atoms with Crippen molar-refractivity contribution in [1.29, 1.82) is 0 Å². The number of anilines is 1. The highest BCUT2D eigenvalue weighted by atomic mass is 32.2. The van der Waals surface area contributed by atoms with E-state index in [1.165, 1.54) is 15.1 Å². The molecule has 1 fully saturated rings. The number of piperidine rings is 1. The third-order valence-electron chi connectivity index (χ3n) is 4.64. The second-order valence-electron chi connectivity index (χ2n) is 6.73. The number of benzene rings is 1. The lowest BCUT2D eigenvalue weighted by atomic mass is 9.99. The molecule has 1 amide bonds. The average molecular weight is 393 g/mol. The quantitative estimate of drug-likeness (QED) is 0.789. The zero-order valence-corrected chi connectivity index (χ0v) is 16.1. The van der Waals surface area contributed by atoms with Gasteiger partial charge in [0.15, 0.2) is 0 Å². The number of hydrogen-bond donors (Lipinski definition) is 1. The van der Waals surface area contributed by atoms with E-state index >= 15 is 0 Å². The molecule has 1 aromatic carbocycles. The number of para-hydroxylation sites is 1. The van der Waals surface area contributed by atoms with Crippen LogP contribution in [0.5, 0.6) is 0 Å². The SMILES string of the molecule is Cn1c(C2CCCN(S(C)(=O)=O)C2)nn(CC(=O)Nc2ccccc2)c1=O. The lowest BCUT2D eigenvalue weighted by Gasteiger charge is -2.30. The summed E-state index contributed by atoms with van der Waals surface area (Å²) >= 11 is 0. The molecule has 2 heterocycles. The number of carbonyl (C=O) groups is 1. The number of aromatic nitrogens is 3. The number of nitrogens with one attached hydrogen (secondary N) is 1. The van der Waals surface area contributed by atoms with Crippen LogP contribution in [0.1, 0.15) is 24.6 Å². The molecule has 1 aromatic heterocycles. The van der Waals surface area contributed by atoms with Gasteiger partial charge in [-0.2, -0.15) is 5.10 Å². The molecule has 1 saturated heterocycles. The zero-order valence-electron chi connectivity index (χ0n) is 15.3. The van der Waals surface area contributed by atoms with Crippen molar-refractivity contribution >= 4 is 21.6 Å². The minimum atomic E-state index is -3.29. The molecule has 1 atom stereocenters. The van der Waals surface area contributed by atoms with E-state index in [1.807, 2.05) is 6.07 Å². The first-order valence-corrected chi connectivity index (χ1v) is 10.5. The van der Waals surface area contributed by atoms with E-state index in [4.69, 9.17) is 0 Å². The number of nitrogens with zero attached hydrogens (tertiary/aromatic N) is 4. The molecule has 3 rings (SSSR count). The molecular formula is C17H23N5O4S. The molecule has 1 aliphatic heterocycles. The second-order valence-corrected chi connectivity index (χ2v) is 8.71. The summed E-state index contributed by atoms with van der Waals surface area (Å²) in [4.78, 5) is 24.7. The van der Waals surface area contributed by atoms with Gasteiger partial charge in [0.25, 0.3) is 0 Å². The first kappa shape index (κ1) is 19.3. The molecule has 27 heavy (non-hydrogen) atoms. The van der Waals surface area contributed by atoms with Gasteiger partial charge in [-0.05, 0) is 25.0 Å². The van der Waals surface area contributed by atoms with Crippen LogP contribution in [0.15, 0.2) is 35.1 Å². The molecule has 0 spiro atoms. The topological polar surface area (TPSA) is 106 Å². The van der Waals surface area contributed by atoms with Gasteiger partial charge < -0.3 is 5.32 Å². The van der Waals surface area contributed by atoms with Crippen LogP contribution in [0, 0.1) is 0 Å². The van der Waals surface area contributed by atoms with Crippen LogP contribution in [0.25, 0.3) is 0 Å². The van der Waals surface area contributed by atoms with E-state index < -0.39 is 15.7 Å². The fourth-order valence-corrected chi connectivity index (χ4v) is 4.19. The van der Waals surface area contributed by atoms with Crippen molar-refractivity contribution in [2.24, 2.45) is 7.05 Å². The summed E-state index contributed by atoms with van der Waals surface area (Å²) in [6.07, 6.45) is 2.63. The highest BCUT2D eigenvalue weighted by Gasteiger charge is 2.30. The highest BCUT2D eigenvalue weighted by Crippen LogP contribution is 2.26. The first-order valence-electron chi connectivity index (χ1n) is 8.69. The Kier molecular flexibility index (Phi) is 5.47. The van der Waals surface area contributed by atoms with Crippen molar-refractivity contribution in [3.05, 3.63) is 46.6 Å². The number of amides is 1. The first-order chi connectivity index (χ1) is 12.8. The summed E-state index contributed by atoms with van der Waals surface area (Å²) in [5, 5.41) is 7.03. The van der Waals surface area contributed by atoms with Gasteiger partial charge in [-0.3, -0.25) is 9.36 Å². The van der Waals surface area contributed by atoms with Crippen molar-refractivity contribution in [3.63, 3.8) is 0 Å². The Morgan fingerprint density at radius 2 is 2.00 bits per heavy atom. The van der Waals surface area contributed by atoms with Crippen LogP contribution in [-0.2, 0) is 28.4 Å². The molecule has 1 unspecified atom stereocenters. The number of rotatable bonds is 5. The Bertz CT molecular complexity index is 980. The largest absolute Gasteiger partial charge is 0.346 e.